The van der Waals surface area contributed by atoms with Gasteiger partial charge in [-0.1, -0.05) is 13.8 Å². The van der Waals surface area contributed by atoms with E-state index in [1.165, 1.54) is 6.33 Å². The lowest BCUT2D eigenvalue weighted by molar-refractivity contribution is 0.488. The second kappa shape index (κ2) is 3.48. The molecular formula is C7H14N4. The van der Waals surface area contributed by atoms with Crippen molar-refractivity contribution in [3.63, 3.8) is 0 Å². The van der Waals surface area contributed by atoms with Crippen LogP contribution in [0.2, 0.25) is 0 Å². The topological polar surface area (TPSA) is 53.6 Å². The van der Waals surface area contributed by atoms with E-state index in [9.17, 15) is 0 Å². The van der Waals surface area contributed by atoms with Gasteiger partial charge in [0.15, 0.2) is 0 Å². The fourth-order valence-corrected chi connectivity index (χ4v) is 1.00. The van der Waals surface area contributed by atoms with Crippen molar-refractivity contribution in [1.29, 1.82) is 0 Å². The fourth-order valence-electron chi connectivity index (χ4n) is 1.00. The van der Waals surface area contributed by atoms with Crippen molar-refractivity contribution < 1.29 is 0 Å². The van der Waals surface area contributed by atoms with Gasteiger partial charge in [-0.05, 0) is 6.92 Å². The molecule has 0 saturated heterocycles. The third kappa shape index (κ3) is 2.31. The number of nitrogens with one attached hydrogen (secondary N) is 2. The fraction of sp³-hybridized carbons (Fsp3) is 0.714. The Kier molecular flexibility index (Phi) is 2.59. The summed E-state index contributed by atoms with van der Waals surface area (Å²) < 4.78 is 0. The van der Waals surface area contributed by atoms with Crippen molar-refractivity contribution >= 4 is 0 Å². The van der Waals surface area contributed by atoms with Crippen LogP contribution < -0.4 is 5.32 Å². The number of nitrogens with zero attached hydrogens (tertiary/aromatic N) is 2. The van der Waals surface area contributed by atoms with Gasteiger partial charge >= 0.3 is 0 Å². The Morgan fingerprint density at radius 3 is 2.64 bits per heavy atom. The van der Waals surface area contributed by atoms with Crippen LogP contribution in [0.5, 0.6) is 0 Å². The molecule has 0 amide bonds. The predicted octanol–water partition coefficient (Wildman–Crippen LogP) is 0.864. The smallest absolute Gasteiger partial charge is 0.141 e. The lowest BCUT2D eigenvalue weighted by Crippen LogP contribution is -2.26. The second-order valence-electron chi connectivity index (χ2n) is 2.91. The molecule has 1 aromatic heterocycles. The molecule has 1 rings (SSSR count). The largest absolute Gasteiger partial charge is 0.305 e. The molecule has 0 aliphatic rings. The summed E-state index contributed by atoms with van der Waals surface area (Å²) in [5.74, 6) is 0.888. The van der Waals surface area contributed by atoms with Gasteiger partial charge in [-0.2, -0.15) is 5.10 Å². The molecule has 62 valence electrons. The van der Waals surface area contributed by atoms with Crippen molar-refractivity contribution in [3.8, 4) is 0 Å². The van der Waals surface area contributed by atoms with Gasteiger partial charge in [0, 0.05) is 6.04 Å². The Hall–Kier alpha value is -0.900. The average Bonchev–Trinajstić information content (AvgIpc) is 2.35. The third-order valence-electron chi connectivity index (χ3n) is 1.43. The number of H-pyrrole nitrogens is 1. The Morgan fingerprint density at radius 2 is 2.18 bits per heavy atom. The molecule has 0 aromatic carbocycles. The van der Waals surface area contributed by atoms with E-state index >= 15 is 0 Å². The van der Waals surface area contributed by atoms with Gasteiger partial charge in [0.2, 0.25) is 0 Å². The molecule has 1 heterocycles. The van der Waals surface area contributed by atoms with Crippen molar-refractivity contribution in [2.75, 3.05) is 0 Å². The first-order valence-corrected chi connectivity index (χ1v) is 3.81. The molecule has 0 aliphatic carbocycles. The molecule has 0 bridgehead atoms. The van der Waals surface area contributed by atoms with Gasteiger partial charge in [0.25, 0.3) is 0 Å². The maximum atomic E-state index is 4.04. The van der Waals surface area contributed by atoms with Gasteiger partial charge in [0.1, 0.15) is 12.2 Å². The second-order valence-corrected chi connectivity index (χ2v) is 2.91. The molecule has 11 heavy (non-hydrogen) atoms. The minimum atomic E-state index is 0.248. The summed E-state index contributed by atoms with van der Waals surface area (Å²) >= 11 is 0. The van der Waals surface area contributed by atoms with E-state index in [1.54, 1.807) is 0 Å². The van der Waals surface area contributed by atoms with Crippen molar-refractivity contribution in [2.24, 2.45) is 0 Å². The quantitative estimate of drug-likeness (QED) is 0.679. The highest BCUT2D eigenvalue weighted by Crippen LogP contribution is 2.04. The van der Waals surface area contributed by atoms with Crippen LogP contribution in [0.3, 0.4) is 0 Å². The summed E-state index contributed by atoms with van der Waals surface area (Å²) in [6.45, 7) is 6.26. The zero-order chi connectivity index (χ0) is 8.27. The van der Waals surface area contributed by atoms with Crippen LogP contribution >= 0.6 is 0 Å². The summed E-state index contributed by atoms with van der Waals surface area (Å²) in [5.41, 5.74) is 0. The first kappa shape index (κ1) is 8.20. The third-order valence-corrected chi connectivity index (χ3v) is 1.43. The lowest BCUT2D eigenvalue weighted by atomic mass is 10.3. The number of rotatable bonds is 3. The molecule has 4 nitrogen and oxygen atoms in total. The standard InChI is InChI=1S/C7H14N4/c1-5(2)10-6(3)7-8-4-9-11-7/h4-6,10H,1-3H3,(H,8,9,11). The van der Waals surface area contributed by atoms with Crippen molar-refractivity contribution in [2.45, 2.75) is 32.9 Å². The molecule has 1 aromatic rings. The SMILES string of the molecule is CC(C)NC(C)c1ncn[nH]1. The minimum Gasteiger partial charge on any atom is -0.305 e. The van der Waals surface area contributed by atoms with E-state index in [-0.39, 0.29) is 6.04 Å². The van der Waals surface area contributed by atoms with E-state index in [0.29, 0.717) is 6.04 Å². The number of hydrogen-bond donors (Lipinski definition) is 2. The van der Waals surface area contributed by atoms with Crippen LogP contribution in [0.1, 0.15) is 32.6 Å². The summed E-state index contributed by atoms with van der Waals surface area (Å²) in [5, 5.41) is 9.90. The Labute approximate surface area is 66.4 Å². The maximum absolute atomic E-state index is 4.04. The number of hydrogen-bond acceptors (Lipinski definition) is 3. The van der Waals surface area contributed by atoms with Gasteiger partial charge in [0.05, 0.1) is 6.04 Å². The van der Waals surface area contributed by atoms with Gasteiger partial charge in [-0.15, -0.1) is 0 Å². The first-order chi connectivity index (χ1) is 5.20. The lowest BCUT2D eigenvalue weighted by Gasteiger charge is -2.13. The minimum absolute atomic E-state index is 0.248. The summed E-state index contributed by atoms with van der Waals surface area (Å²) in [6.07, 6.45) is 1.52. The molecular weight excluding hydrogens is 140 g/mol. The van der Waals surface area contributed by atoms with Crippen LogP contribution in [0.4, 0.5) is 0 Å². The summed E-state index contributed by atoms with van der Waals surface area (Å²) in [4.78, 5) is 4.04. The molecule has 1 unspecified atom stereocenters. The normalized spacial score (nSPS) is 13.8. The van der Waals surface area contributed by atoms with Gasteiger partial charge < -0.3 is 5.32 Å². The van der Waals surface area contributed by atoms with Gasteiger partial charge in [-0.3, -0.25) is 5.10 Å². The Morgan fingerprint density at radius 1 is 1.45 bits per heavy atom. The zero-order valence-corrected chi connectivity index (χ0v) is 7.13. The Bertz CT molecular complexity index is 192. The zero-order valence-electron chi connectivity index (χ0n) is 7.13. The number of aromatic amines is 1. The molecule has 0 fully saturated rings. The molecule has 1 atom stereocenters. The van der Waals surface area contributed by atoms with Crippen LogP contribution in [-0.2, 0) is 0 Å². The maximum Gasteiger partial charge on any atom is 0.141 e. The summed E-state index contributed by atoms with van der Waals surface area (Å²) in [7, 11) is 0. The molecule has 0 spiro atoms. The average molecular weight is 154 g/mol. The van der Waals surface area contributed by atoms with Crippen molar-refractivity contribution in [1.82, 2.24) is 20.5 Å². The van der Waals surface area contributed by atoms with E-state index in [0.717, 1.165) is 5.82 Å². The van der Waals surface area contributed by atoms with Crippen LogP contribution in [0, 0.1) is 0 Å². The van der Waals surface area contributed by atoms with E-state index in [4.69, 9.17) is 0 Å². The van der Waals surface area contributed by atoms with Crippen molar-refractivity contribution in [3.05, 3.63) is 12.2 Å². The Balaban J connectivity index is 2.49. The molecule has 2 N–H and O–H groups in total. The predicted molar refractivity (Wildman–Crippen MR) is 43.1 cm³/mol. The molecule has 0 radical (unpaired) electrons. The molecule has 0 aliphatic heterocycles. The van der Waals surface area contributed by atoms with Crippen LogP contribution in [0.15, 0.2) is 6.33 Å². The monoisotopic (exact) mass is 154 g/mol. The van der Waals surface area contributed by atoms with E-state index < -0.39 is 0 Å². The highest BCUT2D eigenvalue weighted by atomic mass is 15.2. The summed E-state index contributed by atoms with van der Waals surface area (Å²) in [6, 6.07) is 0.715. The van der Waals surface area contributed by atoms with Crippen LogP contribution in [0.25, 0.3) is 0 Å². The van der Waals surface area contributed by atoms with Crippen LogP contribution in [-0.4, -0.2) is 21.2 Å². The molecule has 0 saturated carbocycles. The van der Waals surface area contributed by atoms with E-state index in [2.05, 4.69) is 41.3 Å². The molecule has 4 heteroatoms. The highest BCUT2D eigenvalue weighted by Gasteiger charge is 2.07. The highest BCUT2D eigenvalue weighted by molar-refractivity contribution is 4.88. The van der Waals surface area contributed by atoms with Gasteiger partial charge in [-0.25, -0.2) is 4.98 Å². The first-order valence-electron chi connectivity index (χ1n) is 3.81. The van der Waals surface area contributed by atoms with E-state index in [1.807, 2.05) is 0 Å². The number of aromatic nitrogens is 3.